The van der Waals surface area contributed by atoms with Gasteiger partial charge in [-0.3, -0.25) is 14.5 Å². The van der Waals surface area contributed by atoms with Crippen molar-refractivity contribution in [3.05, 3.63) is 88.4 Å². The Balaban J connectivity index is 1.55. The van der Waals surface area contributed by atoms with Gasteiger partial charge in [-0.1, -0.05) is 43.4 Å². The van der Waals surface area contributed by atoms with Crippen LogP contribution in [0.15, 0.2) is 60.3 Å². The molecule has 1 fully saturated rings. The number of carbonyl (C=O) groups excluding carboxylic acids is 2. The second-order valence-electron chi connectivity index (χ2n) is 11.7. The molecule has 10 heteroatoms. The first-order valence-corrected chi connectivity index (χ1v) is 15.9. The lowest BCUT2D eigenvalue weighted by Gasteiger charge is -2.24. The van der Waals surface area contributed by atoms with Gasteiger partial charge in [-0.2, -0.15) is 0 Å². The minimum Gasteiger partial charge on any atom is -0.505 e. The van der Waals surface area contributed by atoms with E-state index in [-0.39, 0.29) is 17.0 Å². The molecule has 4 heterocycles. The van der Waals surface area contributed by atoms with Crippen molar-refractivity contribution in [2.24, 2.45) is 5.92 Å². The van der Waals surface area contributed by atoms with E-state index in [1.54, 1.807) is 12.1 Å². The minimum absolute atomic E-state index is 0.0597. The summed E-state index contributed by atoms with van der Waals surface area (Å²) in [6.07, 6.45) is 2.73. The number of aliphatic hydroxyl groups is 1. The summed E-state index contributed by atoms with van der Waals surface area (Å²) in [5.41, 5.74) is 4.75. The smallest absolute Gasteiger partial charge is 0.301 e. The number of amides is 1. The van der Waals surface area contributed by atoms with Gasteiger partial charge in [0.1, 0.15) is 11.3 Å². The number of hydrogen-bond acceptors (Lipinski definition) is 8. The van der Waals surface area contributed by atoms with Gasteiger partial charge >= 0.3 is 5.91 Å². The Morgan fingerprint density at radius 1 is 1.02 bits per heavy atom. The number of anilines is 1. The van der Waals surface area contributed by atoms with Gasteiger partial charge in [0.2, 0.25) is 0 Å². The Bertz CT molecular complexity index is 1990. The molecule has 0 radical (unpaired) electrons. The van der Waals surface area contributed by atoms with Crippen LogP contribution >= 0.6 is 11.3 Å². The van der Waals surface area contributed by atoms with Crippen LogP contribution < -0.4 is 14.4 Å². The minimum atomic E-state index is -0.985. The van der Waals surface area contributed by atoms with Crippen LogP contribution in [0.3, 0.4) is 0 Å². The van der Waals surface area contributed by atoms with Crippen LogP contribution in [0.2, 0.25) is 0 Å². The first-order valence-electron chi connectivity index (χ1n) is 15.1. The number of aliphatic hydroxyl groups excluding tert-OH is 1. The summed E-state index contributed by atoms with van der Waals surface area (Å²) < 4.78 is 14.8. The van der Waals surface area contributed by atoms with Crippen LogP contribution in [0.25, 0.3) is 21.6 Å². The lowest BCUT2D eigenvalue weighted by molar-refractivity contribution is -0.132. The van der Waals surface area contributed by atoms with E-state index in [1.165, 1.54) is 16.2 Å². The van der Waals surface area contributed by atoms with Crippen molar-refractivity contribution < 1.29 is 24.2 Å². The predicted octanol–water partition coefficient (Wildman–Crippen LogP) is 7.32. The molecular weight excluding hydrogens is 588 g/mol. The quantitative estimate of drug-likeness (QED) is 0.104. The number of ether oxygens (including phenoxy) is 2. The van der Waals surface area contributed by atoms with Gasteiger partial charge < -0.3 is 19.0 Å². The molecule has 45 heavy (non-hydrogen) atoms. The molecule has 0 bridgehead atoms. The van der Waals surface area contributed by atoms with E-state index >= 15 is 0 Å². The molecule has 1 atom stereocenters. The van der Waals surface area contributed by atoms with Crippen LogP contribution in [-0.2, 0) is 9.59 Å². The van der Waals surface area contributed by atoms with Crippen molar-refractivity contribution >= 4 is 49.8 Å². The molecule has 1 N–H and O–H groups in total. The van der Waals surface area contributed by atoms with Crippen molar-refractivity contribution in [2.75, 3.05) is 18.1 Å². The number of ketones is 1. The van der Waals surface area contributed by atoms with Gasteiger partial charge in [0.05, 0.1) is 40.7 Å². The standard InChI is InChI=1S/C35H36N4O5S/c1-7-43-26-18-23(11-13-25(26)44-16-14-19(2)3)30-28(31(40)29-22(6)38-15-8-9-21(5)33(38)37-29)32(41)34(42)39(30)35-36-24-12-10-20(4)17-27(24)45-35/h8-13,15,17-19,30,40H,7,14,16H2,1-6H3/b31-28+. The zero-order chi connectivity index (χ0) is 32.0. The zero-order valence-electron chi connectivity index (χ0n) is 26.2. The molecule has 9 nitrogen and oxygen atoms in total. The Morgan fingerprint density at radius 2 is 1.82 bits per heavy atom. The Kier molecular flexibility index (Phi) is 8.09. The maximum atomic E-state index is 13.9. The van der Waals surface area contributed by atoms with Crippen molar-refractivity contribution in [3.63, 3.8) is 0 Å². The average Bonchev–Trinajstić information content (AvgIpc) is 3.65. The summed E-state index contributed by atoms with van der Waals surface area (Å²) in [6, 6.07) is 14.1. The summed E-state index contributed by atoms with van der Waals surface area (Å²) in [7, 11) is 0. The monoisotopic (exact) mass is 624 g/mol. The number of fused-ring (bicyclic) bond motifs is 2. The number of rotatable bonds is 9. The molecule has 1 aliphatic rings. The van der Waals surface area contributed by atoms with Gasteiger partial charge in [0, 0.05) is 6.20 Å². The number of hydrogen-bond donors (Lipinski definition) is 1. The van der Waals surface area contributed by atoms with E-state index in [0.717, 1.165) is 27.8 Å². The molecule has 1 aliphatic heterocycles. The summed E-state index contributed by atoms with van der Waals surface area (Å²) >= 11 is 1.32. The lowest BCUT2D eigenvalue weighted by atomic mass is 9.96. The van der Waals surface area contributed by atoms with Crippen LogP contribution in [0.5, 0.6) is 11.5 Å². The first-order chi connectivity index (χ1) is 21.6. The molecule has 232 valence electrons. The van der Waals surface area contributed by atoms with Gasteiger partial charge in [-0.15, -0.1) is 0 Å². The fraction of sp³-hybridized carbons (Fsp3) is 0.314. The number of Topliss-reactive ketones (excluding diaryl/α,β-unsaturated/α-hetero) is 1. The highest BCUT2D eigenvalue weighted by molar-refractivity contribution is 7.22. The highest BCUT2D eigenvalue weighted by Crippen LogP contribution is 2.46. The Labute approximate surface area is 265 Å². The third-order valence-electron chi connectivity index (χ3n) is 8.03. The highest BCUT2D eigenvalue weighted by Gasteiger charge is 2.49. The van der Waals surface area contributed by atoms with Crippen LogP contribution in [0, 0.1) is 26.7 Å². The molecular formula is C35H36N4O5S. The maximum Gasteiger partial charge on any atom is 0.301 e. The van der Waals surface area contributed by atoms with Crippen molar-refractivity contribution in [3.8, 4) is 11.5 Å². The molecule has 6 rings (SSSR count). The van der Waals surface area contributed by atoms with Crippen molar-refractivity contribution in [1.29, 1.82) is 0 Å². The van der Waals surface area contributed by atoms with Crippen molar-refractivity contribution in [1.82, 2.24) is 14.4 Å². The normalized spacial score (nSPS) is 16.4. The van der Waals surface area contributed by atoms with E-state index in [9.17, 15) is 14.7 Å². The van der Waals surface area contributed by atoms with Crippen LogP contribution in [0.4, 0.5) is 5.13 Å². The fourth-order valence-electron chi connectivity index (χ4n) is 5.63. The predicted molar refractivity (Wildman–Crippen MR) is 176 cm³/mol. The molecule has 1 saturated heterocycles. The Morgan fingerprint density at radius 3 is 2.56 bits per heavy atom. The third-order valence-corrected chi connectivity index (χ3v) is 9.05. The number of thiazole rings is 1. The first kappa shape index (κ1) is 30.3. The molecule has 1 unspecified atom stereocenters. The number of carbonyl (C=O) groups is 2. The van der Waals surface area contributed by atoms with Gasteiger partial charge in [-0.05, 0) is 87.1 Å². The molecule has 0 saturated carbocycles. The third kappa shape index (κ3) is 5.44. The molecule has 2 aromatic carbocycles. The molecule has 1 amide bonds. The topological polar surface area (TPSA) is 106 Å². The number of aryl methyl sites for hydroxylation is 3. The number of pyridine rings is 1. The number of imidazole rings is 1. The summed E-state index contributed by atoms with van der Waals surface area (Å²) in [6.45, 7) is 12.8. The van der Waals surface area contributed by atoms with E-state index < -0.39 is 17.7 Å². The average molecular weight is 625 g/mol. The second-order valence-corrected chi connectivity index (χ2v) is 12.7. The largest absolute Gasteiger partial charge is 0.505 e. The highest BCUT2D eigenvalue weighted by atomic mass is 32.1. The Hall–Kier alpha value is -4.70. The van der Waals surface area contributed by atoms with E-state index in [2.05, 4.69) is 13.8 Å². The van der Waals surface area contributed by atoms with E-state index in [4.69, 9.17) is 19.4 Å². The summed E-state index contributed by atoms with van der Waals surface area (Å²) in [5.74, 6) is -0.386. The number of nitrogens with zero attached hydrogens (tertiary/aromatic N) is 4. The molecule has 0 spiro atoms. The molecule has 5 aromatic rings. The summed E-state index contributed by atoms with van der Waals surface area (Å²) in [5, 5.41) is 12.2. The number of benzene rings is 2. The lowest BCUT2D eigenvalue weighted by Crippen LogP contribution is -2.29. The van der Waals surface area contributed by atoms with E-state index in [1.807, 2.05) is 74.7 Å². The summed E-state index contributed by atoms with van der Waals surface area (Å²) in [4.78, 5) is 38.6. The fourth-order valence-corrected chi connectivity index (χ4v) is 6.72. The number of aromatic nitrogens is 3. The zero-order valence-corrected chi connectivity index (χ0v) is 27.1. The van der Waals surface area contributed by atoms with Crippen LogP contribution in [-0.4, -0.2) is 44.4 Å². The van der Waals surface area contributed by atoms with Crippen LogP contribution in [0.1, 0.15) is 61.3 Å². The SMILES string of the molecule is CCOc1cc(C2/C(=C(\O)c3nc4c(C)cccn4c3C)C(=O)C(=O)N2c2nc3ccc(C)cc3s2)ccc1OCCC(C)C. The van der Waals surface area contributed by atoms with Gasteiger partial charge in [0.25, 0.3) is 5.78 Å². The van der Waals surface area contributed by atoms with Gasteiger partial charge in [0.15, 0.2) is 22.4 Å². The molecule has 0 aliphatic carbocycles. The van der Waals surface area contributed by atoms with Crippen molar-refractivity contribution in [2.45, 2.75) is 54.0 Å². The van der Waals surface area contributed by atoms with Gasteiger partial charge in [-0.25, -0.2) is 9.97 Å². The second kappa shape index (κ2) is 12.0. The molecule has 3 aromatic heterocycles. The van der Waals surface area contributed by atoms with E-state index in [0.29, 0.717) is 52.7 Å². The maximum absolute atomic E-state index is 13.9.